The first-order chi connectivity index (χ1) is 11.1. The number of rotatable bonds is 3. The number of fused-ring (bicyclic) bond motifs is 1. The molecule has 0 aliphatic heterocycles. The fraction of sp³-hybridized carbons (Fsp3) is 0.167. The third-order valence-corrected chi connectivity index (χ3v) is 4.27. The monoisotopic (exact) mass is 324 g/mol. The maximum absolute atomic E-state index is 11.7. The molecule has 0 saturated carbocycles. The summed E-state index contributed by atoms with van der Waals surface area (Å²) in [6, 6.07) is 11.6. The number of hydrogen-bond donors (Lipinski definition) is 0. The second kappa shape index (κ2) is 6.38. The predicted molar refractivity (Wildman–Crippen MR) is 92.8 cm³/mol. The Bertz CT molecular complexity index is 893. The molecule has 0 amide bonds. The molecule has 0 N–H and O–H groups in total. The molecule has 2 aromatic carbocycles. The van der Waals surface area contributed by atoms with E-state index in [4.69, 9.17) is 4.74 Å². The van der Waals surface area contributed by atoms with Gasteiger partial charge < -0.3 is 4.74 Å². The zero-order valence-corrected chi connectivity index (χ0v) is 14.0. The van der Waals surface area contributed by atoms with Crippen LogP contribution in [0.15, 0.2) is 47.8 Å². The zero-order valence-electron chi connectivity index (χ0n) is 13.2. The largest absolute Gasteiger partial charge is 0.465 e. The molecule has 116 valence electrons. The molecule has 0 aliphatic rings. The molecule has 0 spiro atoms. The van der Waals surface area contributed by atoms with E-state index < -0.39 is 0 Å². The summed E-state index contributed by atoms with van der Waals surface area (Å²) in [4.78, 5) is 20.6. The van der Waals surface area contributed by atoms with E-state index in [2.05, 4.69) is 9.97 Å². The number of carbonyl (C=O) groups is 1. The molecule has 3 aromatic rings. The van der Waals surface area contributed by atoms with E-state index in [1.165, 1.54) is 18.9 Å². The lowest BCUT2D eigenvalue weighted by atomic mass is 9.97. The lowest BCUT2D eigenvalue weighted by Gasteiger charge is -2.09. The second-order valence-electron chi connectivity index (χ2n) is 5.15. The van der Waals surface area contributed by atoms with Crippen LogP contribution in [0.1, 0.15) is 15.9 Å². The maximum Gasteiger partial charge on any atom is 0.337 e. The molecule has 23 heavy (non-hydrogen) atoms. The van der Waals surface area contributed by atoms with Gasteiger partial charge in [-0.2, -0.15) is 0 Å². The first kappa shape index (κ1) is 15.5. The van der Waals surface area contributed by atoms with Crippen molar-refractivity contribution in [3.8, 4) is 11.1 Å². The quantitative estimate of drug-likeness (QED) is 0.412. The van der Waals surface area contributed by atoms with Gasteiger partial charge in [-0.05, 0) is 54.1 Å². The van der Waals surface area contributed by atoms with Gasteiger partial charge in [0.05, 0.1) is 18.2 Å². The van der Waals surface area contributed by atoms with Crippen LogP contribution in [-0.4, -0.2) is 29.3 Å². The molecule has 4 nitrogen and oxygen atoms in total. The molecule has 0 unspecified atom stereocenters. The predicted octanol–water partition coefficient (Wildman–Crippen LogP) is 4.11. The van der Waals surface area contributed by atoms with Crippen molar-refractivity contribution < 1.29 is 9.53 Å². The summed E-state index contributed by atoms with van der Waals surface area (Å²) in [6.45, 7) is 2.02. The minimum absolute atomic E-state index is 0.333. The Morgan fingerprint density at radius 3 is 2.74 bits per heavy atom. The van der Waals surface area contributed by atoms with Crippen molar-refractivity contribution in [1.82, 2.24) is 9.97 Å². The molecule has 0 aliphatic carbocycles. The van der Waals surface area contributed by atoms with E-state index in [1.807, 2.05) is 49.7 Å². The van der Waals surface area contributed by atoms with Gasteiger partial charge >= 0.3 is 5.97 Å². The van der Waals surface area contributed by atoms with E-state index in [0.29, 0.717) is 5.56 Å². The van der Waals surface area contributed by atoms with Gasteiger partial charge in [0.15, 0.2) is 5.16 Å². The van der Waals surface area contributed by atoms with E-state index >= 15 is 0 Å². The summed E-state index contributed by atoms with van der Waals surface area (Å²) in [5.74, 6) is -0.333. The van der Waals surface area contributed by atoms with Crippen molar-refractivity contribution in [2.45, 2.75) is 12.1 Å². The van der Waals surface area contributed by atoms with E-state index in [1.54, 1.807) is 6.07 Å². The van der Waals surface area contributed by atoms with E-state index in [-0.39, 0.29) is 5.97 Å². The number of nitrogens with zero attached hydrogens (tertiary/aromatic N) is 2. The normalized spacial score (nSPS) is 10.7. The Hall–Kier alpha value is -2.40. The Morgan fingerprint density at radius 1 is 1.17 bits per heavy atom. The van der Waals surface area contributed by atoms with Gasteiger partial charge in [-0.1, -0.05) is 23.9 Å². The number of aryl methyl sites for hydroxylation is 1. The highest BCUT2D eigenvalue weighted by Gasteiger charge is 2.10. The standard InChI is InChI=1S/C18H16N2O2S/c1-11-4-5-13(17(21)22-2)9-15(11)12-6-7-16-14(8-12)10-19-18(20-16)23-3/h4-10H,1-3H3. The fourth-order valence-electron chi connectivity index (χ4n) is 2.46. The van der Waals surface area contributed by atoms with Crippen molar-refractivity contribution in [3.63, 3.8) is 0 Å². The number of benzene rings is 2. The SMILES string of the molecule is COC(=O)c1ccc(C)c(-c2ccc3nc(SC)ncc3c2)c1. The van der Waals surface area contributed by atoms with Crippen LogP contribution < -0.4 is 0 Å². The molecule has 0 saturated heterocycles. The minimum atomic E-state index is -0.333. The third-order valence-electron chi connectivity index (χ3n) is 3.71. The molecule has 1 aromatic heterocycles. The second-order valence-corrected chi connectivity index (χ2v) is 5.92. The highest BCUT2D eigenvalue weighted by Crippen LogP contribution is 2.28. The van der Waals surface area contributed by atoms with Crippen molar-refractivity contribution in [2.24, 2.45) is 0 Å². The average Bonchev–Trinajstić information content (AvgIpc) is 2.60. The van der Waals surface area contributed by atoms with Crippen LogP contribution in [0.2, 0.25) is 0 Å². The molecule has 0 fully saturated rings. The average molecular weight is 324 g/mol. The number of aromatic nitrogens is 2. The molecule has 3 rings (SSSR count). The number of carbonyl (C=O) groups excluding carboxylic acids is 1. The molecular weight excluding hydrogens is 308 g/mol. The minimum Gasteiger partial charge on any atom is -0.465 e. The van der Waals surface area contributed by atoms with Gasteiger partial charge in [-0.25, -0.2) is 14.8 Å². The number of hydrogen-bond acceptors (Lipinski definition) is 5. The molecule has 0 radical (unpaired) electrons. The van der Waals surface area contributed by atoms with Crippen LogP contribution in [0.4, 0.5) is 0 Å². The van der Waals surface area contributed by atoms with Crippen LogP contribution in [-0.2, 0) is 4.74 Å². The van der Waals surface area contributed by atoms with Gasteiger partial charge in [0.1, 0.15) is 0 Å². The van der Waals surface area contributed by atoms with Crippen molar-refractivity contribution in [3.05, 3.63) is 53.7 Å². The first-order valence-electron chi connectivity index (χ1n) is 7.12. The molecular formula is C18H16N2O2S. The zero-order chi connectivity index (χ0) is 16.4. The summed E-state index contributed by atoms with van der Waals surface area (Å²) in [7, 11) is 1.39. The topological polar surface area (TPSA) is 52.1 Å². The van der Waals surface area contributed by atoms with E-state index in [0.717, 1.165) is 32.7 Å². The number of thioether (sulfide) groups is 1. The third kappa shape index (κ3) is 3.05. The molecule has 5 heteroatoms. The van der Waals surface area contributed by atoms with E-state index in [9.17, 15) is 4.79 Å². The van der Waals surface area contributed by atoms with Crippen molar-refractivity contribution in [1.29, 1.82) is 0 Å². The summed E-state index contributed by atoms with van der Waals surface area (Å²) in [5, 5.41) is 1.73. The molecule has 0 atom stereocenters. The highest BCUT2D eigenvalue weighted by atomic mass is 32.2. The number of methoxy groups -OCH3 is 1. The van der Waals surface area contributed by atoms with Crippen LogP contribution in [0.5, 0.6) is 0 Å². The molecule has 0 bridgehead atoms. The van der Waals surface area contributed by atoms with Gasteiger partial charge in [-0.3, -0.25) is 0 Å². The smallest absolute Gasteiger partial charge is 0.337 e. The lowest BCUT2D eigenvalue weighted by Crippen LogP contribution is -2.01. The van der Waals surface area contributed by atoms with Crippen LogP contribution in [0, 0.1) is 6.92 Å². The van der Waals surface area contributed by atoms with Gasteiger partial charge in [-0.15, -0.1) is 0 Å². The Morgan fingerprint density at radius 2 is 2.00 bits per heavy atom. The lowest BCUT2D eigenvalue weighted by molar-refractivity contribution is 0.0601. The van der Waals surface area contributed by atoms with Gasteiger partial charge in [0, 0.05) is 11.6 Å². The summed E-state index contributed by atoms with van der Waals surface area (Å²) in [5.41, 5.74) is 4.58. The van der Waals surface area contributed by atoms with Crippen LogP contribution >= 0.6 is 11.8 Å². The summed E-state index contributed by atoms with van der Waals surface area (Å²) >= 11 is 1.52. The number of esters is 1. The molecule has 1 heterocycles. The van der Waals surface area contributed by atoms with Crippen molar-refractivity contribution in [2.75, 3.05) is 13.4 Å². The van der Waals surface area contributed by atoms with Crippen molar-refractivity contribution >= 4 is 28.6 Å². The first-order valence-corrected chi connectivity index (χ1v) is 8.35. The summed E-state index contributed by atoms with van der Waals surface area (Å²) < 4.78 is 4.80. The Labute approximate surface area is 138 Å². The Kier molecular flexibility index (Phi) is 4.30. The summed E-state index contributed by atoms with van der Waals surface area (Å²) in [6.07, 6.45) is 3.79. The van der Waals surface area contributed by atoms with Crippen LogP contribution in [0.25, 0.3) is 22.0 Å². The van der Waals surface area contributed by atoms with Crippen LogP contribution in [0.3, 0.4) is 0 Å². The number of ether oxygens (including phenoxy) is 1. The Balaban J connectivity index is 2.11. The maximum atomic E-state index is 11.7. The fourth-order valence-corrected chi connectivity index (χ4v) is 2.81. The van der Waals surface area contributed by atoms with Gasteiger partial charge in [0.2, 0.25) is 0 Å². The highest BCUT2D eigenvalue weighted by molar-refractivity contribution is 7.98. The van der Waals surface area contributed by atoms with Gasteiger partial charge in [0.25, 0.3) is 0 Å².